The first-order valence-electron chi connectivity index (χ1n) is 7.40. The Balaban J connectivity index is 1.64. The Bertz CT molecular complexity index is 301. The quantitative estimate of drug-likeness (QED) is 0.761. The average Bonchev–Trinajstić information content (AvgIpc) is 2.93. The largest absolute Gasteiger partial charge is 0.368 e. The minimum absolute atomic E-state index is 0.142. The molecule has 4 heteroatoms. The highest BCUT2D eigenvalue weighted by atomic mass is 16.5. The fourth-order valence-corrected chi connectivity index (χ4v) is 3.75. The van der Waals surface area contributed by atoms with Gasteiger partial charge in [0.15, 0.2) is 0 Å². The molecule has 1 spiro atoms. The third-order valence-corrected chi connectivity index (χ3v) is 4.74. The van der Waals surface area contributed by atoms with Gasteiger partial charge >= 0.3 is 0 Å². The minimum atomic E-state index is -0.142. The van der Waals surface area contributed by atoms with Crippen LogP contribution in [0.15, 0.2) is 0 Å². The topological polar surface area (TPSA) is 41.6 Å². The lowest BCUT2D eigenvalue weighted by Crippen LogP contribution is -2.54. The number of nitrogens with zero attached hydrogens (tertiary/aromatic N) is 1. The summed E-state index contributed by atoms with van der Waals surface area (Å²) >= 11 is 0. The summed E-state index contributed by atoms with van der Waals surface area (Å²) in [6.07, 6.45) is 6.77. The van der Waals surface area contributed by atoms with E-state index in [1.54, 1.807) is 0 Å². The monoisotopic (exact) mass is 252 g/mol. The molecule has 0 aromatic carbocycles. The van der Waals surface area contributed by atoms with E-state index in [2.05, 4.69) is 10.2 Å². The SMILES string of the molecule is O=C([C@@H]1CCCO1)N1CCCC2(CCCNC2)C1. The van der Waals surface area contributed by atoms with Gasteiger partial charge in [-0.3, -0.25) is 4.79 Å². The van der Waals surface area contributed by atoms with E-state index in [1.165, 1.54) is 19.3 Å². The second kappa shape index (κ2) is 5.17. The number of carbonyl (C=O) groups is 1. The molecule has 1 N–H and O–H groups in total. The van der Waals surface area contributed by atoms with Crippen LogP contribution in [0.2, 0.25) is 0 Å². The van der Waals surface area contributed by atoms with Gasteiger partial charge in [-0.2, -0.15) is 0 Å². The molecule has 3 aliphatic rings. The summed E-state index contributed by atoms with van der Waals surface area (Å²) in [7, 11) is 0. The molecule has 4 nitrogen and oxygen atoms in total. The van der Waals surface area contributed by atoms with Crippen molar-refractivity contribution in [3.63, 3.8) is 0 Å². The summed E-state index contributed by atoms with van der Waals surface area (Å²) < 4.78 is 5.54. The second-order valence-corrected chi connectivity index (χ2v) is 6.15. The first-order chi connectivity index (χ1) is 8.79. The highest BCUT2D eigenvalue weighted by Gasteiger charge is 2.40. The molecular weight excluding hydrogens is 228 g/mol. The van der Waals surface area contributed by atoms with Crippen LogP contribution >= 0.6 is 0 Å². The highest BCUT2D eigenvalue weighted by Crippen LogP contribution is 2.36. The zero-order valence-electron chi connectivity index (χ0n) is 11.1. The molecule has 1 amide bonds. The number of hydrogen-bond donors (Lipinski definition) is 1. The van der Waals surface area contributed by atoms with Crippen LogP contribution in [0.4, 0.5) is 0 Å². The number of carbonyl (C=O) groups excluding carboxylic acids is 1. The van der Waals surface area contributed by atoms with Crippen molar-refractivity contribution in [2.75, 3.05) is 32.8 Å². The van der Waals surface area contributed by atoms with Crippen LogP contribution in [0, 0.1) is 5.41 Å². The molecule has 102 valence electrons. The average molecular weight is 252 g/mol. The van der Waals surface area contributed by atoms with Crippen molar-refractivity contribution < 1.29 is 9.53 Å². The zero-order chi connectivity index (χ0) is 12.4. The molecule has 0 saturated carbocycles. The Morgan fingerprint density at radius 3 is 2.89 bits per heavy atom. The van der Waals surface area contributed by atoms with Crippen molar-refractivity contribution in [3.8, 4) is 0 Å². The number of likely N-dealkylation sites (tertiary alicyclic amines) is 1. The van der Waals surface area contributed by atoms with Gasteiger partial charge in [-0.05, 0) is 45.1 Å². The van der Waals surface area contributed by atoms with E-state index >= 15 is 0 Å². The molecule has 0 aliphatic carbocycles. The van der Waals surface area contributed by atoms with Gasteiger partial charge in [0.25, 0.3) is 5.91 Å². The maximum Gasteiger partial charge on any atom is 0.251 e. The number of piperidine rings is 2. The molecule has 3 rings (SSSR count). The van der Waals surface area contributed by atoms with Gasteiger partial charge in [-0.25, -0.2) is 0 Å². The first kappa shape index (κ1) is 12.4. The fraction of sp³-hybridized carbons (Fsp3) is 0.929. The normalized spacial score (nSPS) is 37.1. The van der Waals surface area contributed by atoms with Crippen molar-refractivity contribution in [2.24, 2.45) is 5.41 Å². The Labute approximate surface area is 109 Å². The predicted molar refractivity (Wildman–Crippen MR) is 69.3 cm³/mol. The molecule has 3 fully saturated rings. The molecule has 2 atom stereocenters. The number of hydrogen-bond acceptors (Lipinski definition) is 3. The van der Waals surface area contributed by atoms with Crippen LogP contribution in [0.5, 0.6) is 0 Å². The molecule has 0 bridgehead atoms. The standard InChI is InChI=1S/C14H24N2O2/c17-13(12-4-1-9-18-12)16-8-3-6-14(11-16)5-2-7-15-10-14/h12,15H,1-11H2/t12-,14?/m0/s1. The fourth-order valence-electron chi connectivity index (χ4n) is 3.75. The molecular formula is C14H24N2O2. The zero-order valence-corrected chi connectivity index (χ0v) is 11.1. The maximum atomic E-state index is 12.4. The van der Waals surface area contributed by atoms with Gasteiger partial charge in [-0.1, -0.05) is 0 Å². The number of nitrogens with one attached hydrogen (secondary N) is 1. The van der Waals surface area contributed by atoms with Crippen LogP contribution in [-0.4, -0.2) is 49.7 Å². The van der Waals surface area contributed by atoms with Gasteiger partial charge in [-0.15, -0.1) is 0 Å². The van der Waals surface area contributed by atoms with Gasteiger partial charge in [0.05, 0.1) is 0 Å². The third-order valence-electron chi connectivity index (χ3n) is 4.74. The molecule has 3 saturated heterocycles. The van der Waals surface area contributed by atoms with Crippen LogP contribution < -0.4 is 5.32 Å². The van der Waals surface area contributed by atoms with Crippen molar-refractivity contribution >= 4 is 5.91 Å². The Kier molecular flexibility index (Phi) is 3.57. The Morgan fingerprint density at radius 1 is 1.28 bits per heavy atom. The second-order valence-electron chi connectivity index (χ2n) is 6.15. The van der Waals surface area contributed by atoms with Crippen LogP contribution in [0.25, 0.3) is 0 Å². The van der Waals surface area contributed by atoms with Crippen molar-refractivity contribution in [1.29, 1.82) is 0 Å². The summed E-state index contributed by atoms with van der Waals surface area (Å²) in [5.41, 5.74) is 0.352. The number of amides is 1. The molecule has 0 aromatic rings. The van der Waals surface area contributed by atoms with E-state index in [9.17, 15) is 4.79 Å². The summed E-state index contributed by atoms with van der Waals surface area (Å²) in [4.78, 5) is 14.5. The number of rotatable bonds is 1. The maximum absolute atomic E-state index is 12.4. The van der Waals surface area contributed by atoms with Crippen molar-refractivity contribution in [1.82, 2.24) is 10.2 Å². The minimum Gasteiger partial charge on any atom is -0.368 e. The predicted octanol–water partition coefficient (Wildman–Crippen LogP) is 1.16. The molecule has 0 radical (unpaired) electrons. The lowest BCUT2D eigenvalue weighted by Gasteiger charge is -2.45. The molecule has 3 aliphatic heterocycles. The molecule has 0 aromatic heterocycles. The van der Waals surface area contributed by atoms with Gasteiger partial charge in [0.1, 0.15) is 6.10 Å². The lowest BCUT2D eigenvalue weighted by atomic mass is 9.74. The smallest absolute Gasteiger partial charge is 0.251 e. The van der Waals surface area contributed by atoms with E-state index in [4.69, 9.17) is 4.74 Å². The van der Waals surface area contributed by atoms with Gasteiger partial charge < -0.3 is 15.0 Å². The molecule has 1 unspecified atom stereocenters. The van der Waals surface area contributed by atoms with Crippen molar-refractivity contribution in [2.45, 2.75) is 44.6 Å². The molecule has 3 heterocycles. The van der Waals surface area contributed by atoms with Crippen LogP contribution in [0.3, 0.4) is 0 Å². The number of ether oxygens (including phenoxy) is 1. The van der Waals surface area contributed by atoms with E-state index in [-0.39, 0.29) is 12.0 Å². The third kappa shape index (κ3) is 2.41. The van der Waals surface area contributed by atoms with E-state index in [1.807, 2.05) is 0 Å². The summed E-state index contributed by atoms with van der Waals surface area (Å²) in [5, 5.41) is 3.51. The van der Waals surface area contributed by atoms with Crippen LogP contribution in [-0.2, 0) is 9.53 Å². The molecule has 18 heavy (non-hydrogen) atoms. The first-order valence-corrected chi connectivity index (χ1v) is 7.40. The lowest BCUT2D eigenvalue weighted by molar-refractivity contribution is -0.144. The van der Waals surface area contributed by atoms with Crippen LogP contribution in [0.1, 0.15) is 38.5 Å². The van der Waals surface area contributed by atoms with Gasteiger partial charge in [0, 0.05) is 31.7 Å². The highest BCUT2D eigenvalue weighted by molar-refractivity contribution is 5.81. The Morgan fingerprint density at radius 2 is 2.17 bits per heavy atom. The van der Waals surface area contributed by atoms with Crippen molar-refractivity contribution in [3.05, 3.63) is 0 Å². The summed E-state index contributed by atoms with van der Waals surface area (Å²) in [6.45, 7) is 4.86. The summed E-state index contributed by atoms with van der Waals surface area (Å²) in [6, 6.07) is 0. The Hall–Kier alpha value is -0.610. The van der Waals surface area contributed by atoms with E-state index in [0.29, 0.717) is 5.41 Å². The van der Waals surface area contributed by atoms with E-state index < -0.39 is 0 Å². The van der Waals surface area contributed by atoms with E-state index in [0.717, 1.165) is 52.0 Å². The van der Waals surface area contributed by atoms with Gasteiger partial charge in [0.2, 0.25) is 0 Å². The summed E-state index contributed by atoms with van der Waals surface area (Å²) in [5.74, 6) is 0.247.